The first-order valence-corrected chi connectivity index (χ1v) is 4.53. The molecule has 2 atom stereocenters. The van der Waals surface area contributed by atoms with Gasteiger partial charge in [-0.25, -0.2) is 0 Å². The zero-order valence-corrected chi connectivity index (χ0v) is 9.14. The lowest BCUT2D eigenvalue weighted by Crippen LogP contribution is -2.25. The first-order valence-electron chi connectivity index (χ1n) is 4.53. The van der Waals surface area contributed by atoms with Gasteiger partial charge >= 0.3 is 5.97 Å². The largest absolute Gasteiger partial charge is 0.481 e. The first kappa shape index (κ1) is 15.2. The molecule has 0 radical (unpaired) electrons. The van der Waals surface area contributed by atoms with Crippen LogP contribution in [0.5, 0.6) is 0 Å². The van der Waals surface area contributed by atoms with Crippen molar-refractivity contribution in [2.75, 3.05) is 0 Å². The topological polar surface area (TPSA) is 63.3 Å². The Morgan fingerprint density at radius 2 is 2.08 bits per heavy atom. The van der Waals surface area contributed by atoms with Gasteiger partial charge in [-0.05, 0) is 12.3 Å². The van der Waals surface area contributed by atoms with Gasteiger partial charge in [0, 0.05) is 6.04 Å². The van der Waals surface area contributed by atoms with Gasteiger partial charge in [-0.15, -0.1) is 12.4 Å². The molecule has 0 aromatic heterocycles. The van der Waals surface area contributed by atoms with E-state index in [0.717, 1.165) is 19.3 Å². The Labute approximate surface area is 86.1 Å². The number of carboxylic acids is 1. The van der Waals surface area contributed by atoms with E-state index in [1.54, 1.807) is 0 Å². The van der Waals surface area contributed by atoms with Gasteiger partial charge in [-0.2, -0.15) is 0 Å². The van der Waals surface area contributed by atoms with E-state index in [1.165, 1.54) is 0 Å². The normalized spacial score (nSPS) is 14.4. The average molecular weight is 212 g/mol. The molecular weight excluding hydrogens is 192 g/mol. The van der Waals surface area contributed by atoms with Crippen LogP contribution in [0.1, 0.15) is 39.5 Å². The number of nitrogens with two attached hydrogens (primary N) is 1. The van der Waals surface area contributed by atoms with Gasteiger partial charge in [-0.3, -0.25) is 4.79 Å². The summed E-state index contributed by atoms with van der Waals surface area (Å²) in [5.41, 5.74) is 5.62. The highest BCUT2D eigenvalue weighted by Gasteiger charge is 2.11. The number of hydrogen-bond acceptors (Lipinski definition) is 2. The minimum atomic E-state index is -0.800. The molecule has 13 heavy (non-hydrogen) atoms. The second-order valence-corrected chi connectivity index (χ2v) is 3.49. The Morgan fingerprint density at radius 3 is 2.46 bits per heavy atom. The maximum atomic E-state index is 10.3. The lowest BCUT2D eigenvalue weighted by Gasteiger charge is -2.14. The lowest BCUT2D eigenvalue weighted by molar-refractivity contribution is -0.137. The van der Waals surface area contributed by atoms with Gasteiger partial charge in [0.1, 0.15) is 0 Å². The molecule has 0 aliphatic heterocycles. The summed E-state index contributed by atoms with van der Waals surface area (Å²) < 4.78 is 0. The maximum Gasteiger partial charge on any atom is 0.304 e. The summed E-state index contributed by atoms with van der Waals surface area (Å²) in [6.45, 7) is 4.24. The predicted molar refractivity (Wildman–Crippen MR) is 56.2 cm³/mol. The molecule has 80 valence electrons. The van der Waals surface area contributed by atoms with Crippen LogP contribution in [0.25, 0.3) is 0 Å². The molecular formula is C9H20ClNO2. The Bertz CT molecular complexity index is 142. The molecule has 0 fully saturated rings. The standard InChI is InChI=1S/C9H19NO2.ClH/c1-3-4-7(2)5-8(10)6-9(11)12;/h7-8H,3-6,10H2,1-2H3,(H,11,12);1H/t7-,8+;/m1./s1/i9+2;. The fourth-order valence-corrected chi connectivity index (χ4v) is 1.44. The van der Waals surface area contributed by atoms with E-state index in [1.807, 2.05) is 0 Å². The van der Waals surface area contributed by atoms with Gasteiger partial charge in [0.05, 0.1) is 6.42 Å². The Hall–Kier alpha value is -0.280. The number of carboxylic acid groups (broad SMARTS) is 1. The van der Waals surface area contributed by atoms with Crippen molar-refractivity contribution in [1.82, 2.24) is 0 Å². The second-order valence-electron chi connectivity index (χ2n) is 3.49. The summed E-state index contributed by atoms with van der Waals surface area (Å²) in [6.07, 6.45) is 3.18. The number of rotatable bonds is 6. The van der Waals surface area contributed by atoms with Crippen LogP contribution in [0.4, 0.5) is 0 Å². The Kier molecular flexibility index (Phi) is 9.74. The van der Waals surface area contributed by atoms with E-state index in [4.69, 9.17) is 10.8 Å². The summed E-state index contributed by atoms with van der Waals surface area (Å²) in [7, 11) is 0. The fourth-order valence-electron chi connectivity index (χ4n) is 1.44. The second kappa shape index (κ2) is 8.32. The smallest absolute Gasteiger partial charge is 0.304 e. The van der Waals surface area contributed by atoms with Gasteiger partial charge in [0.25, 0.3) is 0 Å². The van der Waals surface area contributed by atoms with Crippen molar-refractivity contribution in [3.05, 3.63) is 0 Å². The molecule has 0 rings (SSSR count). The van der Waals surface area contributed by atoms with Crippen molar-refractivity contribution >= 4 is 18.4 Å². The first-order chi connectivity index (χ1) is 5.56. The quantitative estimate of drug-likeness (QED) is 0.707. The van der Waals surface area contributed by atoms with Crippen molar-refractivity contribution < 1.29 is 9.90 Å². The van der Waals surface area contributed by atoms with Crippen LogP contribution in [0.3, 0.4) is 0 Å². The molecule has 0 aromatic rings. The highest BCUT2D eigenvalue weighted by molar-refractivity contribution is 5.85. The molecule has 0 bridgehead atoms. The minimum absolute atomic E-state index is 0. The monoisotopic (exact) mass is 211 g/mol. The molecule has 0 spiro atoms. The third-order valence-corrected chi connectivity index (χ3v) is 1.92. The molecule has 0 aromatic carbocycles. The summed E-state index contributed by atoms with van der Waals surface area (Å²) in [5.74, 6) is -0.254. The number of carbonyl (C=O) groups is 1. The lowest BCUT2D eigenvalue weighted by atomic mass is 9.98. The summed E-state index contributed by atoms with van der Waals surface area (Å²) >= 11 is 0. The van der Waals surface area contributed by atoms with Gasteiger partial charge < -0.3 is 10.8 Å². The molecule has 0 amide bonds. The van der Waals surface area contributed by atoms with E-state index < -0.39 is 5.97 Å². The molecule has 3 N–H and O–H groups in total. The molecule has 0 aliphatic rings. The Balaban J connectivity index is 0. The average Bonchev–Trinajstić information content (AvgIpc) is 1.84. The van der Waals surface area contributed by atoms with Crippen molar-refractivity contribution in [2.24, 2.45) is 11.7 Å². The third kappa shape index (κ3) is 9.64. The molecule has 4 heteroatoms. The molecule has 0 saturated heterocycles. The van der Waals surface area contributed by atoms with Gasteiger partial charge in [0.15, 0.2) is 0 Å². The molecule has 0 heterocycles. The highest BCUT2D eigenvalue weighted by atomic mass is 35.5. The van der Waals surface area contributed by atoms with Crippen molar-refractivity contribution in [3.8, 4) is 0 Å². The van der Waals surface area contributed by atoms with Crippen molar-refractivity contribution in [1.29, 1.82) is 0 Å². The van der Waals surface area contributed by atoms with Crippen molar-refractivity contribution in [3.63, 3.8) is 0 Å². The number of hydrogen-bond donors (Lipinski definition) is 2. The van der Waals surface area contributed by atoms with Crippen LogP contribution in [-0.2, 0) is 4.79 Å². The van der Waals surface area contributed by atoms with Crippen LogP contribution in [0, 0.1) is 5.92 Å². The molecule has 3 nitrogen and oxygen atoms in total. The van der Waals surface area contributed by atoms with Crippen LogP contribution in [-0.4, -0.2) is 17.1 Å². The van der Waals surface area contributed by atoms with Crippen LogP contribution < -0.4 is 5.73 Å². The number of aliphatic carboxylic acids is 1. The fraction of sp³-hybridized carbons (Fsp3) is 0.889. The summed E-state index contributed by atoms with van der Waals surface area (Å²) in [6, 6.07) is -0.177. The minimum Gasteiger partial charge on any atom is -0.481 e. The highest BCUT2D eigenvalue weighted by Crippen LogP contribution is 2.12. The van der Waals surface area contributed by atoms with Crippen LogP contribution in [0.2, 0.25) is 0 Å². The SMILES string of the molecule is CCC[C@@H](C)C[C@H](N)C[14C](=O)O.Cl. The maximum absolute atomic E-state index is 10.3. The van der Waals surface area contributed by atoms with E-state index in [2.05, 4.69) is 13.8 Å². The molecule has 0 unspecified atom stereocenters. The third-order valence-electron chi connectivity index (χ3n) is 1.92. The van der Waals surface area contributed by atoms with E-state index in [0.29, 0.717) is 5.92 Å². The zero-order valence-electron chi connectivity index (χ0n) is 8.32. The Morgan fingerprint density at radius 1 is 1.54 bits per heavy atom. The van der Waals surface area contributed by atoms with E-state index >= 15 is 0 Å². The van der Waals surface area contributed by atoms with E-state index in [-0.39, 0.29) is 24.9 Å². The molecule has 0 saturated carbocycles. The summed E-state index contributed by atoms with van der Waals surface area (Å²) in [5, 5.41) is 8.45. The van der Waals surface area contributed by atoms with Gasteiger partial charge in [-0.1, -0.05) is 26.7 Å². The van der Waals surface area contributed by atoms with Crippen LogP contribution >= 0.6 is 12.4 Å². The van der Waals surface area contributed by atoms with Gasteiger partial charge in [0.2, 0.25) is 0 Å². The predicted octanol–water partition coefficient (Wildman–Crippen LogP) is 2.04. The van der Waals surface area contributed by atoms with Crippen LogP contribution in [0.15, 0.2) is 0 Å². The number of halogens is 1. The van der Waals surface area contributed by atoms with Crippen molar-refractivity contribution in [2.45, 2.75) is 45.6 Å². The molecule has 0 aliphatic carbocycles. The van der Waals surface area contributed by atoms with E-state index in [9.17, 15) is 4.79 Å². The zero-order chi connectivity index (χ0) is 9.56. The summed E-state index contributed by atoms with van der Waals surface area (Å²) in [4.78, 5) is 10.3.